The number of fused-ring (bicyclic) bond motifs is 1. The molecule has 3 rings (SSSR count). The molecule has 0 amide bonds. The number of rotatable bonds is 1. The topological polar surface area (TPSA) is 20.2 Å². The molecular formula is C14H18O. The third kappa shape index (κ3) is 1.45. The quantitative estimate of drug-likeness (QED) is 0.739. The Morgan fingerprint density at radius 3 is 2.47 bits per heavy atom. The summed E-state index contributed by atoms with van der Waals surface area (Å²) in [5, 5.41) is 10.3. The third-order valence-electron chi connectivity index (χ3n) is 3.89. The highest BCUT2D eigenvalue weighted by atomic mass is 16.3. The van der Waals surface area contributed by atoms with Crippen LogP contribution in [0.15, 0.2) is 6.07 Å². The van der Waals surface area contributed by atoms with Crippen LogP contribution in [0.1, 0.15) is 53.9 Å². The molecule has 1 saturated carbocycles. The molecular weight excluding hydrogens is 184 g/mol. The van der Waals surface area contributed by atoms with Gasteiger partial charge >= 0.3 is 0 Å². The highest BCUT2D eigenvalue weighted by Crippen LogP contribution is 2.47. The molecule has 1 aromatic rings. The van der Waals surface area contributed by atoms with Crippen LogP contribution in [0.25, 0.3) is 0 Å². The van der Waals surface area contributed by atoms with Gasteiger partial charge in [0.05, 0.1) is 0 Å². The van der Waals surface area contributed by atoms with Crippen molar-refractivity contribution in [2.24, 2.45) is 0 Å². The maximum Gasteiger partial charge on any atom is 0.122 e. The largest absolute Gasteiger partial charge is 0.507 e. The SMILES string of the molecule is Cc1cc(C2CC2)c(O)c2c1CCCC2. The van der Waals surface area contributed by atoms with Crippen LogP contribution in [0.3, 0.4) is 0 Å². The van der Waals surface area contributed by atoms with Crippen molar-refractivity contribution in [1.29, 1.82) is 0 Å². The van der Waals surface area contributed by atoms with E-state index in [1.54, 1.807) is 0 Å². The highest BCUT2D eigenvalue weighted by molar-refractivity contribution is 5.52. The molecule has 0 atom stereocenters. The molecule has 80 valence electrons. The molecule has 0 aliphatic heterocycles. The van der Waals surface area contributed by atoms with E-state index >= 15 is 0 Å². The molecule has 2 aliphatic carbocycles. The smallest absolute Gasteiger partial charge is 0.122 e. The van der Waals surface area contributed by atoms with Crippen LogP contribution in [0.4, 0.5) is 0 Å². The number of hydrogen-bond donors (Lipinski definition) is 1. The molecule has 1 aromatic carbocycles. The molecule has 0 spiro atoms. The first-order valence-corrected chi connectivity index (χ1v) is 6.11. The lowest BCUT2D eigenvalue weighted by Crippen LogP contribution is -2.06. The average molecular weight is 202 g/mol. The van der Waals surface area contributed by atoms with E-state index < -0.39 is 0 Å². The van der Waals surface area contributed by atoms with E-state index in [2.05, 4.69) is 13.0 Å². The Morgan fingerprint density at radius 2 is 1.80 bits per heavy atom. The summed E-state index contributed by atoms with van der Waals surface area (Å²) in [4.78, 5) is 0. The van der Waals surface area contributed by atoms with Gasteiger partial charge in [-0.15, -0.1) is 0 Å². The molecule has 1 N–H and O–H groups in total. The molecule has 0 bridgehead atoms. The minimum absolute atomic E-state index is 0.637. The Bertz CT molecular complexity index is 402. The lowest BCUT2D eigenvalue weighted by atomic mass is 9.85. The summed E-state index contributed by atoms with van der Waals surface area (Å²) >= 11 is 0. The van der Waals surface area contributed by atoms with Gasteiger partial charge in [-0.05, 0) is 73.6 Å². The minimum Gasteiger partial charge on any atom is -0.507 e. The molecule has 2 aliphatic rings. The van der Waals surface area contributed by atoms with Crippen molar-refractivity contribution in [3.05, 3.63) is 28.3 Å². The summed E-state index contributed by atoms with van der Waals surface area (Å²) in [6.45, 7) is 2.20. The molecule has 0 aromatic heterocycles. The maximum absolute atomic E-state index is 10.3. The second-order valence-corrected chi connectivity index (χ2v) is 5.07. The zero-order valence-corrected chi connectivity index (χ0v) is 9.34. The maximum atomic E-state index is 10.3. The van der Waals surface area contributed by atoms with Crippen molar-refractivity contribution in [2.75, 3.05) is 0 Å². The molecule has 15 heavy (non-hydrogen) atoms. The van der Waals surface area contributed by atoms with Gasteiger partial charge in [0.25, 0.3) is 0 Å². The number of aromatic hydroxyl groups is 1. The van der Waals surface area contributed by atoms with Crippen LogP contribution in [0.2, 0.25) is 0 Å². The number of benzene rings is 1. The summed E-state index contributed by atoms with van der Waals surface area (Å²) in [5.74, 6) is 1.30. The number of phenolic OH excluding ortho intramolecular Hbond substituents is 1. The summed E-state index contributed by atoms with van der Waals surface area (Å²) < 4.78 is 0. The van der Waals surface area contributed by atoms with Gasteiger partial charge in [0, 0.05) is 0 Å². The van der Waals surface area contributed by atoms with Crippen LogP contribution >= 0.6 is 0 Å². The first kappa shape index (κ1) is 9.26. The van der Waals surface area contributed by atoms with Gasteiger partial charge in [0.1, 0.15) is 5.75 Å². The zero-order valence-electron chi connectivity index (χ0n) is 9.34. The van der Waals surface area contributed by atoms with E-state index in [0.29, 0.717) is 11.7 Å². The van der Waals surface area contributed by atoms with Crippen LogP contribution in [0, 0.1) is 6.92 Å². The van der Waals surface area contributed by atoms with Crippen LogP contribution in [-0.4, -0.2) is 5.11 Å². The zero-order chi connectivity index (χ0) is 10.4. The van der Waals surface area contributed by atoms with Crippen molar-refractivity contribution in [1.82, 2.24) is 0 Å². The second kappa shape index (κ2) is 3.26. The Kier molecular flexibility index (Phi) is 2.01. The average Bonchev–Trinajstić information content (AvgIpc) is 3.07. The molecule has 0 radical (unpaired) electrons. The van der Waals surface area contributed by atoms with Gasteiger partial charge in [0.15, 0.2) is 0 Å². The molecule has 1 nitrogen and oxygen atoms in total. The standard InChI is InChI=1S/C14H18O/c1-9-8-13(10-6-7-10)14(15)12-5-3-2-4-11(9)12/h8,10,15H,2-7H2,1H3. The Morgan fingerprint density at radius 1 is 1.13 bits per heavy atom. The predicted molar refractivity (Wildman–Crippen MR) is 61.5 cm³/mol. The van der Waals surface area contributed by atoms with Gasteiger partial charge in [-0.1, -0.05) is 6.07 Å². The first-order valence-electron chi connectivity index (χ1n) is 6.11. The molecule has 1 heteroatoms. The Balaban J connectivity index is 2.15. The fourth-order valence-electron chi connectivity index (χ4n) is 2.87. The van der Waals surface area contributed by atoms with Crippen LogP contribution in [-0.2, 0) is 12.8 Å². The Labute approximate surface area is 91.1 Å². The predicted octanol–water partition coefficient (Wildman–Crippen LogP) is 3.46. The van der Waals surface area contributed by atoms with Crippen molar-refractivity contribution < 1.29 is 5.11 Å². The van der Waals surface area contributed by atoms with Crippen molar-refractivity contribution >= 4 is 0 Å². The van der Waals surface area contributed by atoms with E-state index in [9.17, 15) is 5.11 Å². The van der Waals surface area contributed by atoms with Gasteiger partial charge < -0.3 is 5.11 Å². The fraction of sp³-hybridized carbons (Fsp3) is 0.571. The molecule has 0 unspecified atom stereocenters. The lowest BCUT2D eigenvalue weighted by molar-refractivity contribution is 0.454. The van der Waals surface area contributed by atoms with E-state index in [-0.39, 0.29) is 0 Å². The third-order valence-corrected chi connectivity index (χ3v) is 3.89. The van der Waals surface area contributed by atoms with E-state index in [0.717, 1.165) is 6.42 Å². The van der Waals surface area contributed by atoms with Gasteiger partial charge in [0.2, 0.25) is 0 Å². The monoisotopic (exact) mass is 202 g/mol. The van der Waals surface area contributed by atoms with Crippen LogP contribution in [0.5, 0.6) is 5.75 Å². The van der Waals surface area contributed by atoms with Gasteiger partial charge in [-0.3, -0.25) is 0 Å². The summed E-state index contributed by atoms with van der Waals surface area (Å²) in [6, 6.07) is 2.23. The molecule has 0 saturated heterocycles. The van der Waals surface area contributed by atoms with E-state index in [4.69, 9.17) is 0 Å². The summed E-state index contributed by atoms with van der Waals surface area (Å²) in [6.07, 6.45) is 7.32. The van der Waals surface area contributed by atoms with Gasteiger partial charge in [-0.2, -0.15) is 0 Å². The molecule has 0 heterocycles. The van der Waals surface area contributed by atoms with E-state index in [1.807, 2.05) is 0 Å². The highest BCUT2D eigenvalue weighted by Gasteiger charge is 2.29. The van der Waals surface area contributed by atoms with Gasteiger partial charge in [-0.25, -0.2) is 0 Å². The van der Waals surface area contributed by atoms with E-state index in [1.165, 1.54) is 54.4 Å². The van der Waals surface area contributed by atoms with Crippen molar-refractivity contribution in [2.45, 2.75) is 51.4 Å². The second-order valence-electron chi connectivity index (χ2n) is 5.07. The summed E-state index contributed by atoms with van der Waals surface area (Å²) in [7, 11) is 0. The summed E-state index contributed by atoms with van der Waals surface area (Å²) in [5.41, 5.74) is 5.34. The van der Waals surface area contributed by atoms with Crippen LogP contribution < -0.4 is 0 Å². The van der Waals surface area contributed by atoms with Crippen molar-refractivity contribution in [3.8, 4) is 5.75 Å². The number of hydrogen-bond acceptors (Lipinski definition) is 1. The first-order chi connectivity index (χ1) is 7.27. The van der Waals surface area contributed by atoms with Crippen molar-refractivity contribution in [3.63, 3.8) is 0 Å². The normalized spacial score (nSPS) is 20.1. The fourth-order valence-corrected chi connectivity index (χ4v) is 2.87. The lowest BCUT2D eigenvalue weighted by Gasteiger charge is -2.21. The minimum atomic E-state index is 0.637. The Hall–Kier alpha value is -0.980. The number of phenols is 1. The number of aryl methyl sites for hydroxylation is 1. The molecule has 1 fully saturated rings.